The Balaban J connectivity index is 4.11. The Morgan fingerprint density at radius 1 is 1.47 bits per heavy atom. The highest BCUT2D eigenvalue weighted by atomic mass is 32.2. The van der Waals surface area contributed by atoms with Gasteiger partial charge in [-0.2, -0.15) is 0 Å². The van der Waals surface area contributed by atoms with Crippen LogP contribution in [0.25, 0.3) is 0 Å². The van der Waals surface area contributed by atoms with Crippen LogP contribution in [-0.4, -0.2) is 50.4 Å². The molecule has 0 atom stereocenters. The third-order valence-corrected chi connectivity index (χ3v) is 4.14. The molecule has 0 radical (unpaired) electrons. The molecule has 0 aromatic heterocycles. The molecule has 7 heteroatoms. The van der Waals surface area contributed by atoms with Gasteiger partial charge in [-0.15, -0.1) is 0 Å². The van der Waals surface area contributed by atoms with Gasteiger partial charge in [0.15, 0.2) is 9.84 Å². The van der Waals surface area contributed by atoms with E-state index in [2.05, 4.69) is 10.1 Å². The fourth-order valence-electron chi connectivity index (χ4n) is 0.605. The summed E-state index contributed by atoms with van der Waals surface area (Å²) in [5.74, 6) is 0. The summed E-state index contributed by atoms with van der Waals surface area (Å²) < 4.78 is 26.0. The van der Waals surface area contributed by atoms with Gasteiger partial charge in [-0.3, -0.25) is 0 Å². The number of carbonyl (C=O) groups is 1. The van der Waals surface area contributed by atoms with Crippen molar-refractivity contribution in [3.63, 3.8) is 0 Å². The van der Waals surface area contributed by atoms with E-state index in [1.807, 2.05) is 0 Å². The minimum atomic E-state index is -3.24. The molecule has 0 fully saturated rings. The first-order valence-corrected chi connectivity index (χ1v) is 6.31. The van der Waals surface area contributed by atoms with Crippen LogP contribution in [0, 0.1) is 0 Å². The van der Waals surface area contributed by atoms with Crippen molar-refractivity contribution in [2.75, 3.05) is 26.0 Å². The summed E-state index contributed by atoms with van der Waals surface area (Å²) in [4.78, 5) is 10.9. The number of hydrogen-bond donors (Lipinski definition) is 2. The van der Waals surface area contributed by atoms with Gasteiger partial charge in [-0.05, 0) is 13.8 Å². The van der Waals surface area contributed by atoms with E-state index >= 15 is 0 Å². The summed E-state index contributed by atoms with van der Waals surface area (Å²) >= 11 is 0. The van der Waals surface area contributed by atoms with Crippen LogP contribution in [-0.2, 0) is 14.6 Å². The molecule has 0 saturated carbocycles. The Morgan fingerprint density at radius 2 is 2.00 bits per heavy atom. The summed E-state index contributed by atoms with van der Waals surface area (Å²) in [5, 5.41) is 10.7. The number of sulfone groups is 1. The minimum absolute atomic E-state index is 0.0317. The molecule has 0 aromatic rings. The van der Waals surface area contributed by atoms with Crippen molar-refractivity contribution in [1.29, 1.82) is 0 Å². The van der Waals surface area contributed by atoms with Gasteiger partial charge < -0.3 is 15.2 Å². The highest BCUT2D eigenvalue weighted by Crippen LogP contribution is 2.13. The lowest BCUT2D eigenvalue weighted by atomic mass is 10.2. The van der Waals surface area contributed by atoms with E-state index in [1.165, 1.54) is 13.8 Å². The standard InChI is InChI=1S/C8H17NO5S/c1-8(2,15(3,12)13)6-9-7(11)14-5-4-10/h10H,4-6H2,1-3H3,(H,9,11). The van der Waals surface area contributed by atoms with Gasteiger partial charge in [0.25, 0.3) is 0 Å². The van der Waals surface area contributed by atoms with Crippen molar-refractivity contribution < 1.29 is 23.1 Å². The van der Waals surface area contributed by atoms with Gasteiger partial charge in [0, 0.05) is 12.8 Å². The number of aliphatic hydroxyl groups excluding tert-OH is 1. The van der Waals surface area contributed by atoms with E-state index in [-0.39, 0.29) is 19.8 Å². The minimum Gasteiger partial charge on any atom is -0.447 e. The zero-order chi connectivity index (χ0) is 12.1. The summed E-state index contributed by atoms with van der Waals surface area (Å²) in [6.07, 6.45) is 0.370. The van der Waals surface area contributed by atoms with Crippen LogP contribution in [0.4, 0.5) is 4.79 Å². The van der Waals surface area contributed by atoms with Crippen molar-refractivity contribution in [1.82, 2.24) is 5.32 Å². The molecule has 0 saturated heterocycles. The first-order chi connectivity index (χ1) is 6.70. The molecule has 1 amide bonds. The molecule has 0 rings (SSSR count). The number of alkyl carbamates (subject to hydrolysis) is 1. The Labute approximate surface area is 89.5 Å². The normalized spacial score (nSPS) is 12.3. The van der Waals surface area contributed by atoms with E-state index in [0.717, 1.165) is 6.26 Å². The maximum Gasteiger partial charge on any atom is 0.407 e. The summed E-state index contributed by atoms with van der Waals surface area (Å²) in [6.45, 7) is 2.62. The van der Waals surface area contributed by atoms with E-state index < -0.39 is 20.7 Å². The number of carbonyl (C=O) groups excluding carboxylic acids is 1. The predicted octanol–water partition coefficient (Wildman–Crippen LogP) is -0.472. The average Bonchev–Trinajstić information content (AvgIpc) is 2.09. The topological polar surface area (TPSA) is 92.7 Å². The SMILES string of the molecule is CC(C)(CNC(=O)OCCO)S(C)(=O)=O. The van der Waals surface area contributed by atoms with E-state index in [4.69, 9.17) is 5.11 Å². The quantitative estimate of drug-likeness (QED) is 0.676. The maximum atomic E-state index is 11.2. The van der Waals surface area contributed by atoms with Gasteiger partial charge in [0.05, 0.1) is 11.4 Å². The van der Waals surface area contributed by atoms with Gasteiger partial charge in [0.1, 0.15) is 6.61 Å². The Morgan fingerprint density at radius 3 is 2.40 bits per heavy atom. The van der Waals surface area contributed by atoms with E-state index in [0.29, 0.717) is 0 Å². The predicted molar refractivity (Wildman–Crippen MR) is 55.4 cm³/mol. The molecule has 0 heterocycles. The van der Waals surface area contributed by atoms with Crippen molar-refractivity contribution in [2.45, 2.75) is 18.6 Å². The lowest BCUT2D eigenvalue weighted by Gasteiger charge is -2.22. The fraction of sp³-hybridized carbons (Fsp3) is 0.875. The number of rotatable bonds is 5. The monoisotopic (exact) mass is 239 g/mol. The number of amides is 1. The van der Waals surface area contributed by atoms with Crippen LogP contribution in [0.15, 0.2) is 0 Å². The van der Waals surface area contributed by atoms with Crippen molar-refractivity contribution in [3.8, 4) is 0 Å². The summed E-state index contributed by atoms with van der Waals surface area (Å²) in [5.41, 5.74) is 0. The zero-order valence-corrected chi connectivity index (χ0v) is 9.93. The molecule has 15 heavy (non-hydrogen) atoms. The highest BCUT2D eigenvalue weighted by molar-refractivity contribution is 7.92. The lowest BCUT2D eigenvalue weighted by molar-refractivity contribution is 0.118. The maximum absolute atomic E-state index is 11.2. The lowest BCUT2D eigenvalue weighted by Crippen LogP contribution is -2.44. The highest BCUT2D eigenvalue weighted by Gasteiger charge is 2.30. The molecule has 0 aliphatic carbocycles. The van der Waals surface area contributed by atoms with Gasteiger partial charge in [-0.25, -0.2) is 13.2 Å². The Hall–Kier alpha value is -0.820. The molecular weight excluding hydrogens is 222 g/mol. The molecular formula is C8H17NO5S. The number of hydrogen-bond acceptors (Lipinski definition) is 5. The van der Waals surface area contributed by atoms with E-state index in [9.17, 15) is 13.2 Å². The summed E-state index contributed by atoms with van der Waals surface area (Å²) in [7, 11) is -3.24. The second-order valence-electron chi connectivity index (χ2n) is 3.74. The van der Waals surface area contributed by atoms with Crippen LogP contribution in [0.2, 0.25) is 0 Å². The van der Waals surface area contributed by atoms with Crippen molar-refractivity contribution >= 4 is 15.9 Å². The molecule has 6 nitrogen and oxygen atoms in total. The molecule has 0 aromatic carbocycles. The van der Waals surface area contributed by atoms with Crippen LogP contribution in [0.1, 0.15) is 13.8 Å². The van der Waals surface area contributed by atoms with Gasteiger partial charge in [0.2, 0.25) is 0 Å². The van der Waals surface area contributed by atoms with Gasteiger partial charge >= 0.3 is 6.09 Å². The average molecular weight is 239 g/mol. The van der Waals surface area contributed by atoms with Crippen molar-refractivity contribution in [3.05, 3.63) is 0 Å². The third kappa shape index (κ3) is 4.98. The van der Waals surface area contributed by atoms with Crippen molar-refractivity contribution in [2.24, 2.45) is 0 Å². The first kappa shape index (κ1) is 14.2. The van der Waals surface area contributed by atoms with Crippen LogP contribution in [0.5, 0.6) is 0 Å². The fourth-order valence-corrected chi connectivity index (χ4v) is 0.940. The van der Waals surface area contributed by atoms with Gasteiger partial charge in [-0.1, -0.05) is 0 Å². The summed E-state index contributed by atoms with van der Waals surface area (Å²) in [6, 6.07) is 0. The van der Waals surface area contributed by atoms with Crippen LogP contribution < -0.4 is 5.32 Å². The second kappa shape index (κ2) is 5.32. The zero-order valence-electron chi connectivity index (χ0n) is 9.11. The second-order valence-corrected chi connectivity index (χ2v) is 6.39. The molecule has 0 bridgehead atoms. The van der Waals surface area contributed by atoms with Crippen LogP contribution in [0.3, 0.4) is 0 Å². The van der Waals surface area contributed by atoms with Crippen LogP contribution >= 0.6 is 0 Å². The number of ether oxygens (including phenoxy) is 1. The Bertz CT molecular complexity index is 309. The molecule has 0 spiro atoms. The largest absolute Gasteiger partial charge is 0.447 e. The molecule has 2 N–H and O–H groups in total. The number of aliphatic hydroxyl groups is 1. The molecule has 0 unspecified atom stereocenters. The third-order valence-electron chi connectivity index (χ3n) is 1.99. The smallest absolute Gasteiger partial charge is 0.407 e. The molecule has 0 aliphatic heterocycles. The number of nitrogens with one attached hydrogen (secondary N) is 1. The first-order valence-electron chi connectivity index (χ1n) is 4.42. The molecule has 90 valence electrons. The molecule has 0 aliphatic rings. The van der Waals surface area contributed by atoms with E-state index in [1.54, 1.807) is 0 Å². The Kier molecular flexibility index (Phi) is 5.02.